The van der Waals surface area contributed by atoms with Gasteiger partial charge in [0.1, 0.15) is 24.8 Å². The summed E-state index contributed by atoms with van der Waals surface area (Å²) >= 11 is 0. The van der Waals surface area contributed by atoms with E-state index in [0.717, 1.165) is 33.2 Å². The summed E-state index contributed by atoms with van der Waals surface area (Å²) in [5.41, 5.74) is 11.4. The summed E-state index contributed by atoms with van der Waals surface area (Å²) in [5, 5.41) is 53.8. The van der Waals surface area contributed by atoms with Gasteiger partial charge in [-0.25, -0.2) is 18.6 Å². The van der Waals surface area contributed by atoms with E-state index in [4.69, 9.17) is 19.9 Å². The smallest absolute Gasteiger partial charge is 0.407 e. The van der Waals surface area contributed by atoms with Gasteiger partial charge in [0, 0.05) is 90.1 Å². The maximum absolute atomic E-state index is 13.8. The van der Waals surface area contributed by atoms with Crippen molar-refractivity contribution < 1.29 is 67.1 Å². The molecule has 424 valence electrons. The number of pyridine rings is 4. The Balaban J connectivity index is 0.856. The fourth-order valence-corrected chi connectivity index (χ4v) is 10.6. The molecule has 24 nitrogen and oxygen atoms in total. The van der Waals surface area contributed by atoms with Crippen molar-refractivity contribution in [1.29, 1.82) is 5.26 Å². The molecule has 0 radical (unpaired) electrons. The molecule has 2 unspecified atom stereocenters. The fourth-order valence-electron chi connectivity index (χ4n) is 8.53. The molecular weight excluding hydrogens is 1090 g/mol. The number of methoxy groups -OCH3 is 1. The Morgan fingerprint density at radius 3 is 2.42 bits per heavy atom. The van der Waals surface area contributed by atoms with Crippen molar-refractivity contribution in [2.45, 2.75) is 81.9 Å². The van der Waals surface area contributed by atoms with Crippen LogP contribution in [0.15, 0.2) is 79.4 Å². The normalized spacial score (nSPS) is 19.7. The Hall–Kier alpha value is -7.81. The van der Waals surface area contributed by atoms with Gasteiger partial charge in [0.25, 0.3) is 11.8 Å². The van der Waals surface area contributed by atoms with Gasteiger partial charge >= 0.3 is 6.09 Å². The lowest BCUT2D eigenvalue weighted by Gasteiger charge is -2.41. The Labute approximate surface area is 464 Å². The lowest BCUT2D eigenvalue weighted by Crippen LogP contribution is -2.64. The van der Waals surface area contributed by atoms with E-state index in [1.54, 1.807) is 36.8 Å². The van der Waals surface area contributed by atoms with Crippen LogP contribution in [-0.2, 0) is 41.8 Å². The number of halogens is 2. The van der Waals surface area contributed by atoms with Crippen LogP contribution in [0, 0.1) is 17.2 Å². The Morgan fingerprint density at radius 2 is 1.69 bits per heavy atom. The van der Waals surface area contributed by atoms with E-state index >= 15 is 0 Å². The zero-order chi connectivity index (χ0) is 57.5. The van der Waals surface area contributed by atoms with Gasteiger partial charge in [0.05, 0.1) is 74.2 Å². The van der Waals surface area contributed by atoms with Crippen LogP contribution in [0.4, 0.5) is 19.3 Å². The fraction of sp³-hybridized carbons (Fsp3) is 0.404. The maximum atomic E-state index is 13.8. The molecule has 28 heteroatoms. The molecule has 1 aromatic carbocycles. The predicted molar refractivity (Wildman–Crippen MR) is 288 cm³/mol. The van der Waals surface area contributed by atoms with Crippen molar-refractivity contribution in [3.05, 3.63) is 96.3 Å². The van der Waals surface area contributed by atoms with Gasteiger partial charge in [-0.2, -0.15) is 5.26 Å². The number of nitriles is 1. The number of amides is 6. The van der Waals surface area contributed by atoms with Gasteiger partial charge in [-0.05, 0) is 53.6 Å². The predicted octanol–water partition coefficient (Wildman–Crippen LogP) is 2.21. The lowest BCUT2D eigenvalue weighted by molar-refractivity contribution is -0.238. The number of aromatic nitrogens is 4. The molecule has 10 N–H and O–H groups in total. The number of rotatable bonds is 23. The van der Waals surface area contributed by atoms with Crippen LogP contribution in [0.5, 0.6) is 5.88 Å². The van der Waals surface area contributed by atoms with Gasteiger partial charge in [0.15, 0.2) is 6.29 Å². The van der Waals surface area contributed by atoms with Crippen LogP contribution in [0.3, 0.4) is 0 Å². The molecule has 2 aliphatic rings. The minimum atomic E-state index is -3.22. The number of fused-ring (bicyclic) bond motifs is 1. The second-order valence-corrected chi connectivity index (χ2v) is 21.2. The van der Waals surface area contributed by atoms with Crippen LogP contribution < -0.4 is 37.1 Å². The number of alkyl halides is 2. The molecule has 2 fully saturated rings. The molecule has 7 rings (SSSR count). The minimum Gasteiger partial charge on any atom is -0.480 e. The standard InChI is InChI=1S/C52H58F2N12O12S2/c1-28-46(71)45(41(24-67)78-50(28)74)65-48(73)40(64-43(69)8-7-42(68)61-22-34-15-30(9-11-57-34)47(72)62-23-44(70)66-27-52(53,54)18-35(66)19-55)26-80-79-14-13-59-51(75)77-25-33-5-3-31(20-60-33)36-10-12-58-39-6-4-29(16-37(36)39)32-17-38(56)49(76-2)63-21-32/h3-6,9-12,15-17,20-21,28,35,40-41,45-46,50,67,71,74H,7-8,13-14,18,22-27,56H2,1-2H3,(H,59,75)(H,61,68)(H,62,72)(H,64,69)(H,65,73)/t28-,35-,40?,41-,45-,46-,50?/m0/s1. The average molecular weight is 1150 g/mol. The zero-order valence-electron chi connectivity index (χ0n) is 43.2. The molecule has 2 saturated heterocycles. The summed E-state index contributed by atoms with van der Waals surface area (Å²) in [6, 6.07) is 13.7. The van der Waals surface area contributed by atoms with Crippen molar-refractivity contribution in [2.24, 2.45) is 5.92 Å². The summed E-state index contributed by atoms with van der Waals surface area (Å²) < 4.78 is 43.6. The van der Waals surface area contributed by atoms with Gasteiger partial charge in [-0.1, -0.05) is 40.6 Å². The van der Waals surface area contributed by atoms with Crippen molar-refractivity contribution in [2.75, 3.05) is 50.6 Å². The third-order valence-corrected chi connectivity index (χ3v) is 15.3. The van der Waals surface area contributed by atoms with E-state index in [1.165, 1.54) is 54.0 Å². The van der Waals surface area contributed by atoms with Crippen molar-refractivity contribution >= 4 is 73.8 Å². The quantitative estimate of drug-likeness (QED) is 0.0334. The summed E-state index contributed by atoms with van der Waals surface area (Å²) in [6.45, 7) is -0.876. The first-order valence-electron chi connectivity index (χ1n) is 24.9. The number of ether oxygens (including phenoxy) is 3. The second kappa shape index (κ2) is 27.9. The topological polar surface area (TPSA) is 356 Å². The molecular formula is C52H58F2N12O12S2. The van der Waals surface area contributed by atoms with E-state index in [9.17, 15) is 58.1 Å². The summed E-state index contributed by atoms with van der Waals surface area (Å²) in [5.74, 6) is -7.06. The Morgan fingerprint density at radius 1 is 0.925 bits per heavy atom. The van der Waals surface area contributed by atoms with Crippen LogP contribution in [0.25, 0.3) is 33.2 Å². The number of carbonyl (C=O) groups excluding carboxylic acids is 6. The molecule has 5 aromatic rings. The van der Waals surface area contributed by atoms with Crippen LogP contribution >= 0.6 is 21.6 Å². The highest BCUT2D eigenvalue weighted by molar-refractivity contribution is 8.76. The number of benzene rings is 1. The number of nitrogens with zero attached hydrogens (tertiary/aromatic N) is 6. The van der Waals surface area contributed by atoms with Crippen LogP contribution in [-0.4, -0.2) is 163 Å². The number of likely N-dealkylation sites (tertiary alicyclic amines) is 1. The van der Waals surface area contributed by atoms with Crippen molar-refractivity contribution in [3.63, 3.8) is 0 Å². The van der Waals surface area contributed by atoms with E-state index < -0.39 is 110 Å². The first-order valence-corrected chi connectivity index (χ1v) is 27.4. The molecule has 80 heavy (non-hydrogen) atoms. The first kappa shape index (κ1) is 59.8. The monoisotopic (exact) mass is 1140 g/mol. The number of nitrogen functional groups attached to an aromatic ring is 1. The van der Waals surface area contributed by atoms with Crippen molar-refractivity contribution in [1.82, 2.24) is 51.4 Å². The van der Waals surface area contributed by atoms with Gasteiger partial charge in [-0.15, -0.1) is 0 Å². The number of hydrogen-bond acceptors (Lipinski definition) is 20. The van der Waals surface area contributed by atoms with Gasteiger partial charge in [-0.3, -0.25) is 38.9 Å². The average Bonchev–Trinajstić information content (AvgIpc) is 3.82. The molecule has 0 aliphatic carbocycles. The minimum absolute atomic E-state index is 0.0315. The van der Waals surface area contributed by atoms with Crippen molar-refractivity contribution in [3.8, 4) is 34.2 Å². The summed E-state index contributed by atoms with van der Waals surface area (Å²) in [7, 11) is 3.94. The molecule has 0 bridgehead atoms. The second-order valence-electron chi connectivity index (χ2n) is 18.5. The third kappa shape index (κ3) is 15.9. The number of alkyl carbamates (subject to hydrolysis) is 1. The number of hydrogen-bond donors (Lipinski definition) is 9. The van der Waals surface area contributed by atoms with Gasteiger partial charge < -0.3 is 66.7 Å². The number of aliphatic hydroxyl groups is 3. The van der Waals surface area contributed by atoms with E-state index in [2.05, 4.69) is 46.5 Å². The largest absolute Gasteiger partial charge is 0.480 e. The summed E-state index contributed by atoms with van der Waals surface area (Å²) in [6.07, 6.45) is 0.208. The number of anilines is 1. The third-order valence-electron chi connectivity index (χ3n) is 12.9. The molecule has 0 spiro atoms. The van der Waals surface area contributed by atoms with Gasteiger partial charge in [0.2, 0.25) is 29.5 Å². The molecule has 4 aromatic heterocycles. The number of carbonyl (C=O) groups is 6. The highest BCUT2D eigenvalue weighted by Crippen LogP contribution is 2.34. The zero-order valence-corrected chi connectivity index (χ0v) is 44.8. The van der Waals surface area contributed by atoms with E-state index in [0.29, 0.717) is 27.9 Å². The molecule has 6 heterocycles. The molecule has 6 amide bonds. The maximum Gasteiger partial charge on any atom is 0.407 e. The molecule has 0 saturated carbocycles. The highest BCUT2D eigenvalue weighted by Gasteiger charge is 2.47. The Bertz CT molecular complexity index is 3090. The number of aliphatic hydroxyl groups excluding tert-OH is 3. The van der Waals surface area contributed by atoms with Crippen LogP contribution in [0.1, 0.15) is 47.9 Å². The SMILES string of the molecule is COc1ncc(-c2ccc3nccc(-c4ccc(COC(=O)NCCSSCC(NC(=O)CCC(=O)NCc5cc(C(=O)NCC(=O)N6CC(F)(F)C[C@H]6C#N)ccn5)C(=O)N[C@@H]5[C@@H](O)[C@H](C)C(O)O[C@H]5CO)nc4)c3c2)cc1N. The van der Waals surface area contributed by atoms with E-state index in [-0.39, 0.29) is 49.5 Å². The van der Waals surface area contributed by atoms with E-state index in [1.807, 2.05) is 30.3 Å². The van der Waals surface area contributed by atoms with Crippen LogP contribution in [0.2, 0.25) is 0 Å². The first-order chi connectivity index (χ1) is 38.4. The lowest BCUT2D eigenvalue weighted by atomic mass is 9.90. The number of nitrogens with two attached hydrogens (primary N) is 1. The number of nitrogens with one attached hydrogen (secondary N) is 5. The molecule has 2 aliphatic heterocycles. The highest BCUT2D eigenvalue weighted by atomic mass is 33.1. The summed E-state index contributed by atoms with van der Waals surface area (Å²) in [4.78, 5) is 95.8. The Kier molecular flexibility index (Phi) is 20.8. The molecule has 7 atom stereocenters.